The van der Waals surface area contributed by atoms with Gasteiger partial charge in [-0.2, -0.15) is 0 Å². The van der Waals surface area contributed by atoms with Crippen LogP contribution in [0.5, 0.6) is 0 Å². The molecule has 1 aromatic carbocycles. The number of amides is 1. The van der Waals surface area contributed by atoms with Gasteiger partial charge in [0, 0.05) is 43.1 Å². The second-order valence-electron chi connectivity index (χ2n) is 6.49. The van der Waals surface area contributed by atoms with Gasteiger partial charge in [-0.15, -0.1) is 0 Å². The molecular formula is C19H23N3O. The summed E-state index contributed by atoms with van der Waals surface area (Å²) in [6.07, 6.45) is 5.96. The standard InChI is InChI=1S/C19H23N3O/c23-19(22-14-9-15-5-1-2-7-17(15)22)10-13-21-12-4-8-18(21)16-6-3-11-20-16/h1-3,5-7,11,18,20H,4,8-10,12-14H2/t18-/m0/s1. The average Bonchev–Trinajstić information content (AvgIpc) is 3.30. The summed E-state index contributed by atoms with van der Waals surface area (Å²) in [5.41, 5.74) is 3.69. The lowest BCUT2D eigenvalue weighted by atomic mass is 10.1. The largest absolute Gasteiger partial charge is 0.364 e. The van der Waals surface area contributed by atoms with Crippen LogP contribution in [-0.4, -0.2) is 35.4 Å². The fraction of sp³-hybridized carbons (Fsp3) is 0.421. The van der Waals surface area contributed by atoms with Crippen LogP contribution in [0.15, 0.2) is 42.6 Å². The van der Waals surface area contributed by atoms with E-state index in [-0.39, 0.29) is 5.91 Å². The van der Waals surface area contributed by atoms with E-state index >= 15 is 0 Å². The summed E-state index contributed by atoms with van der Waals surface area (Å²) in [6, 6.07) is 12.9. The zero-order valence-electron chi connectivity index (χ0n) is 13.4. The van der Waals surface area contributed by atoms with Gasteiger partial charge in [-0.1, -0.05) is 18.2 Å². The number of aromatic amines is 1. The minimum atomic E-state index is 0.257. The minimum absolute atomic E-state index is 0.257. The van der Waals surface area contributed by atoms with Crippen LogP contribution in [0, 0.1) is 0 Å². The molecule has 1 atom stereocenters. The van der Waals surface area contributed by atoms with Crippen molar-refractivity contribution in [2.24, 2.45) is 0 Å². The molecule has 4 rings (SSSR count). The highest BCUT2D eigenvalue weighted by Crippen LogP contribution is 2.32. The molecule has 4 nitrogen and oxygen atoms in total. The number of aromatic nitrogens is 1. The van der Waals surface area contributed by atoms with E-state index in [0.29, 0.717) is 12.5 Å². The number of nitrogens with one attached hydrogen (secondary N) is 1. The number of hydrogen-bond donors (Lipinski definition) is 1. The van der Waals surface area contributed by atoms with Gasteiger partial charge in [-0.25, -0.2) is 0 Å². The van der Waals surface area contributed by atoms with Crippen LogP contribution in [0.1, 0.15) is 36.6 Å². The van der Waals surface area contributed by atoms with Crippen molar-refractivity contribution in [3.05, 3.63) is 53.9 Å². The molecule has 2 aromatic rings. The normalized spacial score (nSPS) is 20.9. The van der Waals surface area contributed by atoms with Gasteiger partial charge >= 0.3 is 0 Å². The fourth-order valence-corrected chi connectivity index (χ4v) is 3.97. The van der Waals surface area contributed by atoms with Gasteiger partial charge in [0.2, 0.25) is 5.91 Å². The molecule has 0 spiro atoms. The van der Waals surface area contributed by atoms with Crippen LogP contribution in [0.4, 0.5) is 5.69 Å². The highest BCUT2D eigenvalue weighted by atomic mass is 16.2. The second-order valence-corrected chi connectivity index (χ2v) is 6.49. The molecule has 1 aromatic heterocycles. The second kappa shape index (κ2) is 6.20. The van der Waals surface area contributed by atoms with Gasteiger partial charge in [-0.3, -0.25) is 9.69 Å². The van der Waals surface area contributed by atoms with Crippen LogP contribution in [0.3, 0.4) is 0 Å². The minimum Gasteiger partial charge on any atom is -0.364 e. The van der Waals surface area contributed by atoms with Gasteiger partial charge in [-0.05, 0) is 49.6 Å². The first-order chi connectivity index (χ1) is 11.3. The molecule has 0 radical (unpaired) electrons. The zero-order valence-corrected chi connectivity index (χ0v) is 13.4. The predicted octanol–water partition coefficient (Wildman–Crippen LogP) is 3.13. The Morgan fingerprint density at radius 3 is 2.96 bits per heavy atom. The van der Waals surface area contributed by atoms with Crippen molar-refractivity contribution < 1.29 is 4.79 Å². The first-order valence-corrected chi connectivity index (χ1v) is 8.58. The lowest BCUT2D eigenvalue weighted by Crippen LogP contribution is -2.33. The monoisotopic (exact) mass is 309 g/mol. The smallest absolute Gasteiger partial charge is 0.228 e. The number of nitrogens with zero attached hydrogens (tertiary/aromatic N) is 2. The number of para-hydroxylation sites is 1. The van der Waals surface area contributed by atoms with E-state index in [9.17, 15) is 4.79 Å². The van der Waals surface area contributed by atoms with E-state index in [4.69, 9.17) is 0 Å². The third-order valence-corrected chi connectivity index (χ3v) is 5.15. The number of H-pyrrole nitrogens is 1. The number of benzene rings is 1. The SMILES string of the molecule is O=C(CCN1CCC[C@H]1c1ccc[nH]1)N1CCc2ccccc21. The van der Waals surface area contributed by atoms with Crippen LogP contribution < -0.4 is 4.90 Å². The molecule has 1 amide bonds. The lowest BCUT2D eigenvalue weighted by molar-refractivity contribution is -0.118. The molecule has 0 bridgehead atoms. The summed E-state index contributed by atoms with van der Waals surface area (Å²) in [6.45, 7) is 2.77. The molecule has 120 valence electrons. The van der Waals surface area contributed by atoms with Crippen molar-refractivity contribution in [3.8, 4) is 0 Å². The number of carbonyl (C=O) groups excluding carboxylic acids is 1. The van der Waals surface area contributed by atoms with Gasteiger partial charge in [0.05, 0.1) is 0 Å². The Morgan fingerprint density at radius 1 is 1.17 bits per heavy atom. The summed E-state index contributed by atoms with van der Waals surface area (Å²) in [7, 11) is 0. The van der Waals surface area contributed by atoms with E-state index in [2.05, 4.69) is 40.2 Å². The summed E-state index contributed by atoms with van der Waals surface area (Å²) in [5.74, 6) is 0.257. The van der Waals surface area contributed by atoms with Gasteiger partial charge < -0.3 is 9.88 Å². The van der Waals surface area contributed by atoms with Crippen molar-refractivity contribution in [2.75, 3.05) is 24.5 Å². The predicted molar refractivity (Wildman–Crippen MR) is 91.5 cm³/mol. The van der Waals surface area contributed by atoms with E-state index in [1.165, 1.54) is 24.1 Å². The average molecular weight is 309 g/mol. The summed E-state index contributed by atoms with van der Waals surface area (Å²) < 4.78 is 0. The number of fused-ring (bicyclic) bond motifs is 1. The van der Waals surface area contributed by atoms with E-state index in [1.807, 2.05) is 17.2 Å². The molecule has 0 aliphatic carbocycles. The maximum absolute atomic E-state index is 12.6. The fourth-order valence-electron chi connectivity index (χ4n) is 3.97. The molecule has 1 N–H and O–H groups in total. The summed E-state index contributed by atoms with van der Waals surface area (Å²) in [5, 5.41) is 0. The molecule has 2 aliphatic rings. The Hall–Kier alpha value is -2.07. The van der Waals surface area contributed by atoms with E-state index in [0.717, 1.165) is 31.7 Å². The number of carbonyl (C=O) groups is 1. The maximum Gasteiger partial charge on any atom is 0.228 e. The molecular weight excluding hydrogens is 286 g/mol. The van der Waals surface area contributed by atoms with Crippen molar-refractivity contribution in [1.82, 2.24) is 9.88 Å². The van der Waals surface area contributed by atoms with Gasteiger partial charge in [0.25, 0.3) is 0 Å². The third kappa shape index (κ3) is 2.79. The number of rotatable bonds is 4. The molecule has 23 heavy (non-hydrogen) atoms. The topological polar surface area (TPSA) is 39.3 Å². The first-order valence-electron chi connectivity index (χ1n) is 8.58. The zero-order chi connectivity index (χ0) is 15.6. The molecule has 1 fully saturated rings. The molecule has 4 heteroatoms. The van der Waals surface area contributed by atoms with Gasteiger partial charge in [0.15, 0.2) is 0 Å². The Labute approximate surface area is 137 Å². The molecule has 3 heterocycles. The van der Waals surface area contributed by atoms with Crippen LogP contribution >= 0.6 is 0 Å². The number of hydrogen-bond acceptors (Lipinski definition) is 2. The van der Waals surface area contributed by atoms with Crippen molar-refractivity contribution in [2.45, 2.75) is 31.7 Å². The Balaban J connectivity index is 1.39. The summed E-state index contributed by atoms with van der Waals surface area (Å²) >= 11 is 0. The third-order valence-electron chi connectivity index (χ3n) is 5.15. The van der Waals surface area contributed by atoms with E-state index in [1.54, 1.807) is 0 Å². The lowest BCUT2D eigenvalue weighted by Gasteiger charge is -2.25. The molecule has 0 saturated carbocycles. The highest BCUT2D eigenvalue weighted by Gasteiger charge is 2.29. The maximum atomic E-state index is 12.6. The van der Waals surface area contributed by atoms with Crippen LogP contribution in [-0.2, 0) is 11.2 Å². The first kappa shape index (κ1) is 14.5. The molecule has 0 unspecified atom stereocenters. The Kier molecular flexibility index (Phi) is 3.92. The quantitative estimate of drug-likeness (QED) is 0.942. The van der Waals surface area contributed by atoms with Gasteiger partial charge in [0.1, 0.15) is 0 Å². The molecule has 1 saturated heterocycles. The Morgan fingerprint density at radius 2 is 2.09 bits per heavy atom. The Bertz CT molecular complexity index is 680. The van der Waals surface area contributed by atoms with Crippen molar-refractivity contribution in [1.29, 1.82) is 0 Å². The van der Waals surface area contributed by atoms with Crippen LogP contribution in [0.25, 0.3) is 0 Å². The van der Waals surface area contributed by atoms with E-state index < -0.39 is 0 Å². The van der Waals surface area contributed by atoms with Crippen molar-refractivity contribution in [3.63, 3.8) is 0 Å². The summed E-state index contributed by atoms with van der Waals surface area (Å²) in [4.78, 5) is 20.4. The van der Waals surface area contributed by atoms with Crippen LogP contribution in [0.2, 0.25) is 0 Å². The number of anilines is 1. The molecule has 2 aliphatic heterocycles. The highest BCUT2D eigenvalue weighted by molar-refractivity contribution is 5.95. The van der Waals surface area contributed by atoms with Crippen molar-refractivity contribution >= 4 is 11.6 Å². The number of likely N-dealkylation sites (tertiary alicyclic amines) is 1.